The van der Waals surface area contributed by atoms with Gasteiger partial charge in [0.2, 0.25) is 4.96 Å². The summed E-state index contributed by atoms with van der Waals surface area (Å²) in [6.45, 7) is 3.84. The number of nitrogens with zero attached hydrogens (tertiary/aromatic N) is 4. The standard InChI is InChI=1S/C23H18N6OS2/c1-13-10-11-16(21-28-29-14(2)26-27-23(29)32-21)12-19(13)24-22(31)25-20(30)18-9-5-7-15-6-3-4-8-17(15)18/h3-12H,1-2H3,(H2,24,25,30,31). The molecule has 0 atom stereocenters. The Morgan fingerprint density at radius 1 is 1.03 bits per heavy atom. The summed E-state index contributed by atoms with van der Waals surface area (Å²) in [7, 11) is 0. The molecule has 0 spiro atoms. The van der Waals surface area contributed by atoms with Gasteiger partial charge >= 0.3 is 0 Å². The van der Waals surface area contributed by atoms with Crippen molar-refractivity contribution in [2.45, 2.75) is 13.8 Å². The number of rotatable bonds is 3. The number of carbonyl (C=O) groups excluding carboxylic acids is 1. The van der Waals surface area contributed by atoms with Gasteiger partial charge in [-0.1, -0.05) is 59.9 Å². The maximum absolute atomic E-state index is 12.9. The van der Waals surface area contributed by atoms with Crippen LogP contribution < -0.4 is 10.6 Å². The molecule has 0 unspecified atom stereocenters. The number of fused-ring (bicyclic) bond motifs is 2. The number of nitrogens with one attached hydrogen (secondary N) is 2. The molecule has 2 aromatic heterocycles. The van der Waals surface area contributed by atoms with Crippen molar-refractivity contribution in [1.82, 2.24) is 25.1 Å². The molecule has 32 heavy (non-hydrogen) atoms. The summed E-state index contributed by atoms with van der Waals surface area (Å²) < 4.78 is 1.72. The lowest BCUT2D eigenvalue weighted by atomic mass is 10.0. The van der Waals surface area contributed by atoms with Crippen LogP contribution in [0, 0.1) is 13.8 Å². The van der Waals surface area contributed by atoms with E-state index in [2.05, 4.69) is 25.9 Å². The number of thiocarbonyl (C=S) groups is 1. The Balaban J connectivity index is 1.37. The van der Waals surface area contributed by atoms with Crippen molar-refractivity contribution in [3.05, 3.63) is 77.6 Å². The van der Waals surface area contributed by atoms with Gasteiger partial charge in [-0.2, -0.15) is 9.61 Å². The molecule has 2 N–H and O–H groups in total. The minimum atomic E-state index is -0.253. The molecule has 0 saturated carbocycles. The lowest BCUT2D eigenvalue weighted by Crippen LogP contribution is -2.34. The van der Waals surface area contributed by atoms with E-state index in [9.17, 15) is 4.79 Å². The fraction of sp³-hybridized carbons (Fsp3) is 0.0870. The molecule has 2 heterocycles. The molecule has 0 bridgehead atoms. The Bertz CT molecular complexity index is 1500. The molecule has 7 nitrogen and oxygen atoms in total. The van der Waals surface area contributed by atoms with Crippen molar-refractivity contribution >= 4 is 56.0 Å². The summed E-state index contributed by atoms with van der Waals surface area (Å²) in [5.41, 5.74) is 3.30. The SMILES string of the molecule is Cc1ccc(-c2nn3c(C)nnc3s2)cc1NC(=S)NC(=O)c1cccc2ccccc12. The quantitative estimate of drug-likeness (QED) is 0.380. The van der Waals surface area contributed by atoms with Gasteiger partial charge in [0.25, 0.3) is 5.91 Å². The highest BCUT2D eigenvalue weighted by atomic mass is 32.1. The van der Waals surface area contributed by atoms with Gasteiger partial charge in [-0.05, 0) is 54.5 Å². The van der Waals surface area contributed by atoms with Crippen LogP contribution in [0.15, 0.2) is 60.7 Å². The second kappa shape index (κ2) is 8.10. The minimum Gasteiger partial charge on any atom is -0.332 e. The Morgan fingerprint density at radius 2 is 1.84 bits per heavy atom. The van der Waals surface area contributed by atoms with E-state index in [1.54, 1.807) is 10.6 Å². The summed E-state index contributed by atoms with van der Waals surface area (Å²) >= 11 is 6.89. The van der Waals surface area contributed by atoms with E-state index in [1.165, 1.54) is 11.3 Å². The monoisotopic (exact) mass is 458 g/mol. The van der Waals surface area contributed by atoms with Crippen molar-refractivity contribution in [1.29, 1.82) is 0 Å². The van der Waals surface area contributed by atoms with E-state index in [0.29, 0.717) is 5.56 Å². The number of benzene rings is 3. The van der Waals surface area contributed by atoms with Gasteiger partial charge in [0.05, 0.1) is 0 Å². The van der Waals surface area contributed by atoms with Crippen LogP contribution in [0.5, 0.6) is 0 Å². The number of amides is 1. The van der Waals surface area contributed by atoms with E-state index < -0.39 is 0 Å². The molecule has 158 valence electrons. The van der Waals surface area contributed by atoms with E-state index in [0.717, 1.165) is 43.4 Å². The number of hydrogen-bond acceptors (Lipinski definition) is 6. The zero-order valence-corrected chi connectivity index (χ0v) is 18.9. The zero-order valence-electron chi connectivity index (χ0n) is 17.3. The summed E-state index contributed by atoms with van der Waals surface area (Å²) in [5.74, 6) is 0.488. The largest absolute Gasteiger partial charge is 0.332 e. The van der Waals surface area contributed by atoms with Gasteiger partial charge in [0.15, 0.2) is 10.9 Å². The minimum absolute atomic E-state index is 0.233. The Kier molecular flexibility index (Phi) is 5.12. The molecular formula is C23H18N6OS2. The van der Waals surface area contributed by atoms with Crippen molar-refractivity contribution in [2.24, 2.45) is 0 Å². The number of carbonyl (C=O) groups is 1. The average Bonchev–Trinajstić information content (AvgIpc) is 3.37. The van der Waals surface area contributed by atoms with E-state index >= 15 is 0 Å². The van der Waals surface area contributed by atoms with Gasteiger partial charge in [-0.3, -0.25) is 10.1 Å². The highest BCUT2D eigenvalue weighted by molar-refractivity contribution is 7.80. The predicted molar refractivity (Wildman–Crippen MR) is 131 cm³/mol. The highest BCUT2D eigenvalue weighted by Crippen LogP contribution is 2.29. The number of anilines is 1. The van der Waals surface area contributed by atoms with Crippen molar-refractivity contribution in [2.75, 3.05) is 5.32 Å². The second-order valence-electron chi connectivity index (χ2n) is 7.31. The Morgan fingerprint density at radius 3 is 2.69 bits per heavy atom. The maximum Gasteiger partial charge on any atom is 0.258 e. The van der Waals surface area contributed by atoms with E-state index in [1.807, 2.05) is 68.4 Å². The first-order chi connectivity index (χ1) is 15.5. The van der Waals surface area contributed by atoms with Crippen LogP contribution >= 0.6 is 23.6 Å². The molecule has 0 fully saturated rings. The summed E-state index contributed by atoms with van der Waals surface area (Å²) in [6, 6.07) is 19.4. The molecule has 0 aliphatic carbocycles. The molecule has 0 aliphatic heterocycles. The molecular weight excluding hydrogens is 440 g/mol. The topological polar surface area (TPSA) is 84.2 Å². The third kappa shape index (κ3) is 3.72. The normalized spacial score (nSPS) is 11.1. The van der Waals surface area contributed by atoms with Gasteiger partial charge in [-0.15, -0.1) is 10.2 Å². The van der Waals surface area contributed by atoms with Gasteiger partial charge in [0, 0.05) is 16.8 Å². The lowest BCUT2D eigenvalue weighted by Gasteiger charge is -2.13. The van der Waals surface area contributed by atoms with Gasteiger partial charge in [-0.25, -0.2) is 0 Å². The maximum atomic E-state index is 12.9. The molecule has 5 rings (SSSR count). The number of hydrogen-bond donors (Lipinski definition) is 2. The molecule has 0 radical (unpaired) electrons. The van der Waals surface area contributed by atoms with Gasteiger partial charge in [0.1, 0.15) is 5.01 Å². The van der Waals surface area contributed by atoms with Crippen molar-refractivity contribution in [3.8, 4) is 10.6 Å². The molecule has 3 aromatic carbocycles. The lowest BCUT2D eigenvalue weighted by molar-refractivity contribution is 0.0979. The Labute approximate surface area is 193 Å². The second-order valence-corrected chi connectivity index (χ2v) is 8.68. The van der Waals surface area contributed by atoms with Crippen LogP contribution in [0.25, 0.3) is 26.3 Å². The van der Waals surface area contributed by atoms with Gasteiger partial charge < -0.3 is 5.32 Å². The predicted octanol–water partition coefficient (Wildman–Crippen LogP) is 4.75. The van der Waals surface area contributed by atoms with E-state index in [-0.39, 0.29) is 11.0 Å². The first-order valence-corrected chi connectivity index (χ1v) is 11.1. The smallest absolute Gasteiger partial charge is 0.258 e. The first-order valence-electron chi connectivity index (χ1n) is 9.89. The zero-order chi connectivity index (χ0) is 22.2. The third-order valence-electron chi connectivity index (χ3n) is 5.14. The molecule has 0 aliphatic rings. The molecule has 5 aromatic rings. The summed E-state index contributed by atoms with van der Waals surface area (Å²) in [5, 5.41) is 21.6. The van der Waals surface area contributed by atoms with Crippen LogP contribution in [0.4, 0.5) is 5.69 Å². The van der Waals surface area contributed by atoms with Crippen LogP contribution in [0.2, 0.25) is 0 Å². The summed E-state index contributed by atoms with van der Waals surface area (Å²) in [6.07, 6.45) is 0. The molecule has 0 saturated heterocycles. The fourth-order valence-corrected chi connectivity index (χ4v) is 4.55. The van der Waals surface area contributed by atoms with Crippen molar-refractivity contribution in [3.63, 3.8) is 0 Å². The van der Waals surface area contributed by atoms with Crippen LogP contribution in [-0.2, 0) is 0 Å². The fourth-order valence-electron chi connectivity index (χ4n) is 3.47. The highest BCUT2D eigenvalue weighted by Gasteiger charge is 2.14. The first kappa shape index (κ1) is 20.2. The van der Waals surface area contributed by atoms with Crippen LogP contribution in [-0.4, -0.2) is 30.8 Å². The van der Waals surface area contributed by atoms with Crippen LogP contribution in [0.3, 0.4) is 0 Å². The van der Waals surface area contributed by atoms with Crippen LogP contribution in [0.1, 0.15) is 21.7 Å². The summed E-state index contributed by atoms with van der Waals surface area (Å²) in [4.78, 5) is 13.6. The van der Waals surface area contributed by atoms with Crippen molar-refractivity contribution < 1.29 is 4.79 Å². The average molecular weight is 459 g/mol. The molecule has 9 heteroatoms. The number of aryl methyl sites for hydroxylation is 2. The number of aromatic nitrogens is 4. The Hall–Kier alpha value is -3.69. The van der Waals surface area contributed by atoms with E-state index in [4.69, 9.17) is 12.2 Å². The third-order valence-corrected chi connectivity index (χ3v) is 6.29. The molecule has 1 amide bonds.